The van der Waals surface area contributed by atoms with E-state index in [2.05, 4.69) is 15.9 Å². The molecule has 0 radical (unpaired) electrons. The van der Waals surface area contributed by atoms with Gasteiger partial charge in [0.25, 0.3) is 0 Å². The van der Waals surface area contributed by atoms with E-state index in [1.54, 1.807) is 25.3 Å². The van der Waals surface area contributed by atoms with Crippen LogP contribution in [0.15, 0.2) is 22.7 Å². The minimum absolute atomic E-state index is 0.123. The number of hydrogen-bond donors (Lipinski definition) is 0. The Labute approximate surface area is 115 Å². The molecule has 0 saturated heterocycles. The van der Waals surface area contributed by atoms with Crippen molar-refractivity contribution in [1.29, 1.82) is 0 Å². The van der Waals surface area contributed by atoms with E-state index >= 15 is 0 Å². The number of rotatable bonds is 4. The lowest BCUT2D eigenvalue weighted by Crippen LogP contribution is -2.27. The van der Waals surface area contributed by atoms with Crippen LogP contribution in [0.5, 0.6) is 11.5 Å². The molecule has 1 aromatic rings. The highest BCUT2D eigenvalue weighted by atomic mass is 79.9. The summed E-state index contributed by atoms with van der Waals surface area (Å²) in [5.41, 5.74) is -0.502. The molecule has 0 N–H and O–H groups in total. The van der Waals surface area contributed by atoms with E-state index in [9.17, 15) is 4.79 Å². The van der Waals surface area contributed by atoms with Gasteiger partial charge in [0.2, 0.25) is 0 Å². The average Bonchev–Trinajstić information content (AvgIpc) is 2.25. The Morgan fingerprint density at radius 1 is 1.33 bits per heavy atom. The van der Waals surface area contributed by atoms with Crippen LogP contribution in [0.2, 0.25) is 0 Å². The van der Waals surface area contributed by atoms with E-state index in [1.807, 2.05) is 20.8 Å². The molecule has 1 aromatic carbocycles. The summed E-state index contributed by atoms with van der Waals surface area (Å²) in [6, 6.07) is 5.26. The van der Waals surface area contributed by atoms with Crippen molar-refractivity contribution in [2.24, 2.45) is 0 Å². The van der Waals surface area contributed by atoms with Crippen molar-refractivity contribution in [3.05, 3.63) is 22.7 Å². The Bertz CT molecular complexity index is 423. The van der Waals surface area contributed by atoms with Gasteiger partial charge in [0.05, 0.1) is 11.6 Å². The topological polar surface area (TPSA) is 44.8 Å². The number of esters is 1. The van der Waals surface area contributed by atoms with Crippen LogP contribution in [-0.4, -0.2) is 25.3 Å². The number of ether oxygens (including phenoxy) is 3. The second kappa shape index (κ2) is 6.09. The molecule has 18 heavy (non-hydrogen) atoms. The predicted molar refractivity (Wildman–Crippen MR) is 72.0 cm³/mol. The number of carbonyl (C=O) groups is 1. The first-order valence-electron chi connectivity index (χ1n) is 5.50. The summed E-state index contributed by atoms with van der Waals surface area (Å²) in [7, 11) is 1.59. The maximum absolute atomic E-state index is 11.5. The Balaban J connectivity index is 2.56. The third kappa shape index (κ3) is 4.96. The van der Waals surface area contributed by atoms with Crippen molar-refractivity contribution >= 4 is 21.9 Å². The van der Waals surface area contributed by atoms with Crippen LogP contribution in [0.1, 0.15) is 20.8 Å². The van der Waals surface area contributed by atoms with E-state index in [-0.39, 0.29) is 6.61 Å². The summed E-state index contributed by atoms with van der Waals surface area (Å²) in [6.45, 7) is 5.32. The van der Waals surface area contributed by atoms with Crippen LogP contribution in [0.25, 0.3) is 0 Å². The highest BCUT2D eigenvalue weighted by molar-refractivity contribution is 9.10. The summed E-state index contributed by atoms with van der Waals surface area (Å²) in [5.74, 6) is 0.887. The van der Waals surface area contributed by atoms with Gasteiger partial charge in [-0.1, -0.05) is 0 Å². The third-order valence-electron chi connectivity index (χ3n) is 1.90. The summed E-state index contributed by atoms with van der Waals surface area (Å²) in [6.07, 6.45) is 0. The Kier molecular flexibility index (Phi) is 5.02. The lowest BCUT2D eigenvalue weighted by Gasteiger charge is -2.19. The van der Waals surface area contributed by atoms with Crippen LogP contribution >= 0.6 is 15.9 Å². The molecule has 0 atom stereocenters. The summed E-state index contributed by atoms with van der Waals surface area (Å²) < 4.78 is 16.3. The van der Waals surface area contributed by atoms with E-state index in [0.29, 0.717) is 11.5 Å². The van der Waals surface area contributed by atoms with Gasteiger partial charge in [0.1, 0.15) is 17.1 Å². The molecule has 4 nitrogen and oxygen atoms in total. The van der Waals surface area contributed by atoms with Crippen molar-refractivity contribution < 1.29 is 19.0 Å². The first-order chi connectivity index (χ1) is 8.31. The Hall–Kier alpha value is -1.23. The fourth-order valence-corrected chi connectivity index (χ4v) is 1.71. The van der Waals surface area contributed by atoms with Crippen LogP contribution in [0.3, 0.4) is 0 Å². The normalized spacial score (nSPS) is 10.9. The van der Waals surface area contributed by atoms with Gasteiger partial charge in [-0.05, 0) is 54.9 Å². The third-order valence-corrected chi connectivity index (χ3v) is 2.52. The zero-order valence-corrected chi connectivity index (χ0v) is 12.5. The first-order valence-corrected chi connectivity index (χ1v) is 6.29. The number of hydrogen-bond acceptors (Lipinski definition) is 4. The summed E-state index contributed by atoms with van der Waals surface area (Å²) in [4.78, 5) is 11.5. The van der Waals surface area contributed by atoms with Crippen LogP contribution < -0.4 is 9.47 Å². The van der Waals surface area contributed by atoms with Crippen LogP contribution in [0.4, 0.5) is 0 Å². The molecule has 100 valence electrons. The molecule has 0 aliphatic rings. The molecule has 0 fully saturated rings. The Morgan fingerprint density at radius 2 is 2.00 bits per heavy atom. The van der Waals surface area contributed by atoms with Crippen molar-refractivity contribution in [2.75, 3.05) is 13.7 Å². The van der Waals surface area contributed by atoms with Gasteiger partial charge in [-0.2, -0.15) is 0 Å². The minimum atomic E-state index is -0.502. The largest absolute Gasteiger partial charge is 0.497 e. The zero-order valence-electron chi connectivity index (χ0n) is 11.0. The van der Waals surface area contributed by atoms with Gasteiger partial charge in [-0.3, -0.25) is 0 Å². The monoisotopic (exact) mass is 316 g/mol. The quantitative estimate of drug-likeness (QED) is 0.800. The van der Waals surface area contributed by atoms with Crippen molar-refractivity contribution in [2.45, 2.75) is 26.4 Å². The van der Waals surface area contributed by atoms with Crippen molar-refractivity contribution in [1.82, 2.24) is 0 Å². The average molecular weight is 317 g/mol. The maximum atomic E-state index is 11.5. The van der Waals surface area contributed by atoms with E-state index in [4.69, 9.17) is 14.2 Å². The van der Waals surface area contributed by atoms with Gasteiger partial charge in [0.15, 0.2) is 6.61 Å². The molecule has 0 bridgehead atoms. The molecular weight excluding hydrogens is 300 g/mol. The summed E-state index contributed by atoms with van der Waals surface area (Å²) in [5, 5.41) is 0. The number of methoxy groups -OCH3 is 1. The fraction of sp³-hybridized carbons (Fsp3) is 0.462. The zero-order chi connectivity index (χ0) is 13.8. The molecule has 0 amide bonds. The van der Waals surface area contributed by atoms with Gasteiger partial charge in [-0.25, -0.2) is 4.79 Å². The van der Waals surface area contributed by atoms with Gasteiger partial charge in [0, 0.05) is 0 Å². The molecule has 0 heterocycles. The molecular formula is C13H17BrO4. The Morgan fingerprint density at radius 3 is 2.50 bits per heavy atom. The summed E-state index contributed by atoms with van der Waals surface area (Å²) >= 11 is 3.34. The smallest absolute Gasteiger partial charge is 0.344 e. The number of carbonyl (C=O) groups excluding carboxylic acids is 1. The van der Waals surface area contributed by atoms with E-state index < -0.39 is 11.6 Å². The number of halogens is 1. The second-order valence-electron chi connectivity index (χ2n) is 4.67. The van der Waals surface area contributed by atoms with E-state index in [1.165, 1.54) is 0 Å². The molecule has 5 heteroatoms. The highest BCUT2D eigenvalue weighted by Gasteiger charge is 2.17. The molecule has 0 aliphatic carbocycles. The fourth-order valence-electron chi connectivity index (χ4n) is 1.23. The molecule has 0 saturated carbocycles. The molecule has 0 aromatic heterocycles. The highest BCUT2D eigenvalue weighted by Crippen LogP contribution is 2.29. The van der Waals surface area contributed by atoms with Crippen LogP contribution in [0, 0.1) is 0 Å². The van der Waals surface area contributed by atoms with Crippen LogP contribution in [-0.2, 0) is 9.53 Å². The van der Waals surface area contributed by atoms with Gasteiger partial charge < -0.3 is 14.2 Å². The SMILES string of the molecule is COc1ccc(OCC(=O)OC(C)(C)C)c(Br)c1. The molecule has 0 unspecified atom stereocenters. The molecule has 0 aliphatic heterocycles. The second-order valence-corrected chi connectivity index (χ2v) is 5.53. The predicted octanol–water partition coefficient (Wildman–Crippen LogP) is 3.18. The van der Waals surface area contributed by atoms with Crippen molar-refractivity contribution in [3.8, 4) is 11.5 Å². The number of benzene rings is 1. The first kappa shape index (κ1) is 14.8. The maximum Gasteiger partial charge on any atom is 0.344 e. The van der Waals surface area contributed by atoms with E-state index in [0.717, 1.165) is 4.47 Å². The minimum Gasteiger partial charge on any atom is -0.497 e. The van der Waals surface area contributed by atoms with Gasteiger partial charge in [-0.15, -0.1) is 0 Å². The van der Waals surface area contributed by atoms with Gasteiger partial charge >= 0.3 is 5.97 Å². The lowest BCUT2D eigenvalue weighted by atomic mass is 10.2. The standard InChI is InChI=1S/C13H17BrO4/c1-13(2,3)18-12(15)8-17-11-6-5-9(16-4)7-10(11)14/h5-7H,8H2,1-4H3. The molecule has 0 spiro atoms. The van der Waals surface area contributed by atoms with Crippen molar-refractivity contribution in [3.63, 3.8) is 0 Å². The lowest BCUT2D eigenvalue weighted by molar-refractivity contribution is -0.157. The molecule has 1 rings (SSSR count).